The van der Waals surface area contributed by atoms with Crippen LogP contribution in [-0.4, -0.2) is 65.7 Å². The molecule has 0 aromatic heterocycles. The molecule has 2 heterocycles. The Hall–Kier alpha value is -1.30. The molecule has 2 aliphatic rings. The Balaban J connectivity index is 1.92. The van der Waals surface area contributed by atoms with Crippen LogP contribution in [0.2, 0.25) is 0 Å². The van der Waals surface area contributed by atoms with Gasteiger partial charge >= 0.3 is 12.0 Å². The smallest absolute Gasteiger partial charge is 0.326 e. The molecule has 0 bridgehead atoms. The van der Waals surface area contributed by atoms with Gasteiger partial charge in [0.1, 0.15) is 6.04 Å². The number of nitrogens with zero attached hydrogens (tertiary/aromatic N) is 2. The zero-order valence-electron chi connectivity index (χ0n) is 13.0. The highest BCUT2D eigenvalue weighted by Crippen LogP contribution is 2.25. The average Bonchev–Trinajstić information content (AvgIpc) is 2.48. The van der Waals surface area contributed by atoms with Crippen molar-refractivity contribution in [1.82, 2.24) is 15.1 Å². The first-order valence-electron chi connectivity index (χ1n) is 7.99. The molecule has 120 valence electrons. The predicted molar refractivity (Wildman–Crippen MR) is 80.2 cm³/mol. The maximum absolute atomic E-state index is 12.4. The summed E-state index contributed by atoms with van der Waals surface area (Å²) in [7, 11) is 2.08. The highest BCUT2D eigenvalue weighted by Gasteiger charge is 2.36. The number of urea groups is 1. The molecule has 0 radical (unpaired) electrons. The average molecular weight is 297 g/mol. The molecule has 0 aromatic carbocycles. The highest BCUT2D eigenvalue weighted by atomic mass is 16.4. The molecule has 2 N–H and O–H groups in total. The van der Waals surface area contributed by atoms with Crippen LogP contribution >= 0.6 is 0 Å². The minimum absolute atomic E-state index is 0.173. The maximum atomic E-state index is 12.4. The van der Waals surface area contributed by atoms with Crippen LogP contribution in [0, 0.1) is 5.92 Å². The van der Waals surface area contributed by atoms with Gasteiger partial charge in [-0.05, 0) is 51.7 Å². The molecule has 2 rings (SSSR count). The van der Waals surface area contributed by atoms with E-state index in [2.05, 4.69) is 24.2 Å². The van der Waals surface area contributed by atoms with E-state index in [0.717, 1.165) is 38.8 Å². The van der Waals surface area contributed by atoms with Gasteiger partial charge < -0.3 is 20.2 Å². The van der Waals surface area contributed by atoms with Crippen LogP contribution in [0.5, 0.6) is 0 Å². The van der Waals surface area contributed by atoms with Gasteiger partial charge in [-0.15, -0.1) is 0 Å². The Morgan fingerprint density at radius 3 is 2.43 bits per heavy atom. The first kappa shape index (κ1) is 16.1. The minimum atomic E-state index is -0.883. The van der Waals surface area contributed by atoms with Crippen molar-refractivity contribution in [2.45, 2.75) is 51.1 Å². The zero-order valence-corrected chi connectivity index (χ0v) is 13.0. The standard InChI is InChI=1S/C15H27N3O3/c1-3-11-4-9-18(13(10-11)14(19)20)15(21)16-12-5-7-17(2)8-6-12/h11-13H,3-10H2,1-2H3,(H,16,21)(H,19,20). The van der Waals surface area contributed by atoms with Gasteiger partial charge in [0, 0.05) is 12.6 Å². The predicted octanol–water partition coefficient (Wildman–Crippen LogP) is 1.37. The van der Waals surface area contributed by atoms with E-state index >= 15 is 0 Å². The molecular weight excluding hydrogens is 270 g/mol. The summed E-state index contributed by atoms with van der Waals surface area (Å²) in [5.41, 5.74) is 0. The number of hydrogen-bond acceptors (Lipinski definition) is 3. The summed E-state index contributed by atoms with van der Waals surface area (Å²) in [6.45, 7) is 4.59. The quantitative estimate of drug-likeness (QED) is 0.825. The van der Waals surface area contributed by atoms with Crippen molar-refractivity contribution in [3.63, 3.8) is 0 Å². The molecule has 2 fully saturated rings. The number of nitrogens with one attached hydrogen (secondary N) is 1. The molecule has 2 saturated heterocycles. The second-order valence-corrected chi connectivity index (χ2v) is 6.37. The molecule has 2 atom stereocenters. The molecule has 0 saturated carbocycles. The minimum Gasteiger partial charge on any atom is -0.480 e. The number of carbonyl (C=O) groups is 2. The van der Waals surface area contributed by atoms with E-state index < -0.39 is 12.0 Å². The van der Waals surface area contributed by atoms with E-state index in [1.165, 1.54) is 4.90 Å². The fourth-order valence-electron chi connectivity index (χ4n) is 3.30. The van der Waals surface area contributed by atoms with Gasteiger partial charge in [0.25, 0.3) is 0 Å². The van der Waals surface area contributed by atoms with Crippen molar-refractivity contribution in [3.05, 3.63) is 0 Å². The second-order valence-electron chi connectivity index (χ2n) is 6.37. The molecule has 0 spiro atoms. The van der Waals surface area contributed by atoms with Crippen LogP contribution in [0.25, 0.3) is 0 Å². The Kier molecular flexibility index (Phi) is 5.45. The first-order valence-corrected chi connectivity index (χ1v) is 7.99. The summed E-state index contributed by atoms with van der Waals surface area (Å²) in [4.78, 5) is 27.6. The van der Waals surface area contributed by atoms with Gasteiger partial charge in [0.15, 0.2) is 0 Å². The molecule has 2 unspecified atom stereocenters. The van der Waals surface area contributed by atoms with Crippen LogP contribution < -0.4 is 5.32 Å². The molecule has 21 heavy (non-hydrogen) atoms. The third kappa shape index (κ3) is 4.09. The normalized spacial score (nSPS) is 28.4. The summed E-state index contributed by atoms with van der Waals surface area (Å²) in [6.07, 6.45) is 4.33. The van der Waals surface area contributed by atoms with Gasteiger partial charge in [-0.3, -0.25) is 0 Å². The lowest BCUT2D eigenvalue weighted by Gasteiger charge is -2.38. The van der Waals surface area contributed by atoms with Gasteiger partial charge in [0.05, 0.1) is 0 Å². The first-order chi connectivity index (χ1) is 10.0. The Morgan fingerprint density at radius 1 is 1.19 bits per heavy atom. The van der Waals surface area contributed by atoms with E-state index in [0.29, 0.717) is 18.9 Å². The molecule has 0 aliphatic carbocycles. The van der Waals surface area contributed by atoms with E-state index in [1.54, 1.807) is 0 Å². The Bertz CT molecular complexity index is 380. The maximum Gasteiger partial charge on any atom is 0.326 e. The summed E-state index contributed by atoms with van der Waals surface area (Å²) in [5.74, 6) is -0.467. The van der Waals surface area contributed by atoms with E-state index in [-0.39, 0.29) is 12.1 Å². The number of carbonyl (C=O) groups excluding carboxylic acids is 1. The summed E-state index contributed by atoms with van der Waals surface area (Å²) < 4.78 is 0. The number of aliphatic carboxylic acids is 1. The summed E-state index contributed by atoms with van der Waals surface area (Å²) >= 11 is 0. The molecule has 2 aliphatic heterocycles. The number of amides is 2. The van der Waals surface area contributed by atoms with Gasteiger partial charge in [-0.1, -0.05) is 13.3 Å². The largest absolute Gasteiger partial charge is 0.480 e. The zero-order chi connectivity index (χ0) is 15.4. The topological polar surface area (TPSA) is 72.9 Å². The molecular formula is C15H27N3O3. The SMILES string of the molecule is CCC1CCN(C(=O)NC2CCN(C)CC2)C(C(=O)O)C1. The van der Waals surface area contributed by atoms with Gasteiger partial charge in [0.2, 0.25) is 0 Å². The highest BCUT2D eigenvalue weighted by molar-refractivity contribution is 5.83. The number of rotatable bonds is 3. The number of carboxylic acids is 1. The monoisotopic (exact) mass is 297 g/mol. The molecule has 6 nitrogen and oxygen atoms in total. The Labute approximate surface area is 126 Å². The Morgan fingerprint density at radius 2 is 1.86 bits per heavy atom. The lowest BCUT2D eigenvalue weighted by Crippen LogP contribution is -2.56. The van der Waals surface area contributed by atoms with Gasteiger partial charge in [-0.2, -0.15) is 0 Å². The summed E-state index contributed by atoms with van der Waals surface area (Å²) in [5, 5.41) is 12.4. The lowest BCUT2D eigenvalue weighted by atomic mass is 9.89. The van der Waals surface area contributed by atoms with Crippen LogP contribution in [0.1, 0.15) is 39.0 Å². The van der Waals surface area contributed by atoms with Crippen molar-refractivity contribution in [2.24, 2.45) is 5.92 Å². The van der Waals surface area contributed by atoms with Gasteiger partial charge in [-0.25, -0.2) is 9.59 Å². The second kappa shape index (κ2) is 7.11. The third-order valence-electron chi connectivity index (χ3n) is 4.88. The fraction of sp³-hybridized carbons (Fsp3) is 0.867. The van der Waals surface area contributed by atoms with Crippen molar-refractivity contribution in [1.29, 1.82) is 0 Å². The molecule has 0 aromatic rings. The van der Waals surface area contributed by atoms with Crippen LogP contribution in [-0.2, 0) is 4.79 Å². The number of carboxylic acid groups (broad SMARTS) is 1. The van der Waals surface area contributed by atoms with E-state index in [9.17, 15) is 14.7 Å². The lowest BCUT2D eigenvalue weighted by molar-refractivity contribution is -0.144. The molecule has 6 heteroatoms. The van der Waals surface area contributed by atoms with Crippen molar-refractivity contribution in [2.75, 3.05) is 26.7 Å². The van der Waals surface area contributed by atoms with E-state index in [1.807, 2.05) is 0 Å². The summed E-state index contributed by atoms with van der Waals surface area (Å²) in [6, 6.07) is -0.700. The van der Waals surface area contributed by atoms with Crippen molar-refractivity contribution >= 4 is 12.0 Å². The van der Waals surface area contributed by atoms with Crippen molar-refractivity contribution < 1.29 is 14.7 Å². The fourth-order valence-corrected chi connectivity index (χ4v) is 3.30. The third-order valence-corrected chi connectivity index (χ3v) is 4.88. The van der Waals surface area contributed by atoms with Crippen molar-refractivity contribution in [3.8, 4) is 0 Å². The van der Waals surface area contributed by atoms with Crippen LogP contribution in [0.3, 0.4) is 0 Å². The number of likely N-dealkylation sites (tertiary alicyclic amines) is 2. The number of piperidine rings is 2. The van der Waals surface area contributed by atoms with E-state index in [4.69, 9.17) is 0 Å². The number of hydrogen-bond donors (Lipinski definition) is 2. The van der Waals surface area contributed by atoms with Crippen LogP contribution in [0.4, 0.5) is 4.79 Å². The van der Waals surface area contributed by atoms with Crippen LogP contribution in [0.15, 0.2) is 0 Å². The molecule has 2 amide bonds.